The molecule has 24 heavy (non-hydrogen) atoms. The minimum Gasteiger partial charge on any atom is -0.474 e. The van der Waals surface area contributed by atoms with Crippen LogP contribution in [-0.2, 0) is 0 Å². The molecule has 1 saturated carbocycles. The number of ether oxygens (including phenoxy) is 1. The van der Waals surface area contributed by atoms with Crippen molar-refractivity contribution in [3.63, 3.8) is 0 Å². The summed E-state index contributed by atoms with van der Waals surface area (Å²) in [6.45, 7) is 0. The smallest absolute Gasteiger partial charge is 0.326 e. The molecule has 0 unspecified atom stereocenters. The van der Waals surface area contributed by atoms with Crippen LogP contribution in [0, 0.1) is 0 Å². The van der Waals surface area contributed by atoms with Gasteiger partial charge in [0.2, 0.25) is 5.88 Å². The second-order valence-corrected chi connectivity index (χ2v) is 5.73. The molecule has 0 saturated heterocycles. The lowest BCUT2D eigenvalue weighted by molar-refractivity contribution is 0.0884. The van der Waals surface area contributed by atoms with E-state index < -0.39 is 17.2 Å². The molecule has 126 valence electrons. The van der Waals surface area contributed by atoms with Crippen molar-refractivity contribution in [1.29, 1.82) is 0 Å². The van der Waals surface area contributed by atoms with Gasteiger partial charge >= 0.3 is 5.69 Å². The number of hydrogen-bond acceptors (Lipinski definition) is 5. The summed E-state index contributed by atoms with van der Waals surface area (Å²) in [4.78, 5) is 43.1. The lowest BCUT2D eigenvalue weighted by Crippen LogP contribution is -2.41. The summed E-state index contributed by atoms with van der Waals surface area (Å²) >= 11 is 0. The third kappa shape index (κ3) is 4.09. The zero-order valence-electron chi connectivity index (χ0n) is 13.0. The third-order valence-electron chi connectivity index (χ3n) is 3.94. The Hall–Kier alpha value is -2.90. The van der Waals surface area contributed by atoms with Crippen molar-refractivity contribution in [2.24, 2.45) is 0 Å². The number of rotatable bonds is 4. The van der Waals surface area contributed by atoms with Crippen molar-refractivity contribution in [3.8, 4) is 5.88 Å². The van der Waals surface area contributed by atoms with Crippen molar-refractivity contribution in [2.75, 3.05) is 0 Å². The number of H-pyrrole nitrogens is 2. The molecule has 1 aliphatic carbocycles. The van der Waals surface area contributed by atoms with Gasteiger partial charge in [-0.05, 0) is 31.7 Å². The molecular weight excluding hydrogens is 312 g/mol. The second kappa shape index (κ2) is 7.12. The molecule has 8 heteroatoms. The van der Waals surface area contributed by atoms with E-state index in [0.29, 0.717) is 5.88 Å². The van der Waals surface area contributed by atoms with Gasteiger partial charge in [0.25, 0.3) is 11.5 Å². The van der Waals surface area contributed by atoms with Gasteiger partial charge in [-0.15, -0.1) is 0 Å². The Morgan fingerprint density at radius 3 is 2.62 bits per heavy atom. The highest BCUT2D eigenvalue weighted by Gasteiger charge is 2.24. The number of nitrogens with one attached hydrogen (secondary N) is 3. The van der Waals surface area contributed by atoms with Crippen LogP contribution in [0.15, 0.2) is 40.1 Å². The Balaban J connectivity index is 1.52. The topological polar surface area (TPSA) is 117 Å². The van der Waals surface area contributed by atoms with Gasteiger partial charge in [0.15, 0.2) is 0 Å². The van der Waals surface area contributed by atoms with Crippen molar-refractivity contribution < 1.29 is 9.53 Å². The van der Waals surface area contributed by atoms with Crippen molar-refractivity contribution in [3.05, 3.63) is 57.0 Å². The summed E-state index contributed by atoms with van der Waals surface area (Å²) in [5, 5.41) is 2.84. The number of pyridine rings is 1. The fourth-order valence-electron chi connectivity index (χ4n) is 2.77. The number of nitrogens with zero attached hydrogens (tertiary/aromatic N) is 1. The molecule has 1 aliphatic rings. The second-order valence-electron chi connectivity index (χ2n) is 5.73. The van der Waals surface area contributed by atoms with Gasteiger partial charge in [-0.2, -0.15) is 0 Å². The van der Waals surface area contributed by atoms with E-state index in [-0.39, 0.29) is 17.8 Å². The molecule has 8 nitrogen and oxygen atoms in total. The summed E-state index contributed by atoms with van der Waals surface area (Å²) in [6, 6.07) is 6.59. The fraction of sp³-hybridized carbons (Fsp3) is 0.375. The van der Waals surface area contributed by atoms with Crippen LogP contribution in [-0.4, -0.2) is 33.0 Å². The number of aromatic amines is 2. The number of hydrogen-bond donors (Lipinski definition) is 3. The molecule has 3 rings (SSSR count). The summed E-state index contributed by atoms with van der Waals surface area (Å²) in [6.07, 6.45) is 4.88. The number of aromatic nitrogens is 3. The predicted molar refractivity (Wildman–Crippen MR) is 86.1 cm³/mol. The van der Waals surface area contributed by atoms with Gasteiger partial charge in [-0.1, -0.05) is 6.07 Å². The van der Waals surface area contributed by atoms with Gasteiger partial charge in [-0.25, -0.2) is 9.78 Å². The van der Waals surface area contributed by atoms with E-state index in [1.54, 1.807) is 6.20 Å². The first-order chi connectivity index (χ1) is 11.6. The quantitative estimate of drug-likeness (QED) is 0.758. The first-order valence-electron chi connectivity index (χ1n) is 7.82. The maximum absolute atomic E-state index is 12.1. The van der Waals surface area contributed by atoms with Gasteiger partial charge < -0.3 is 15.0 Å². The van der Waals surface area contributed by atoms with Crippen LogP contribution in [0.1, 0.15) is 36.2 Å². The van der Waals surface area contributed by atoms with Crippen LogP contribution >= 0.6 is 0 Å². The van der Waals surface area contributed by atoms with Crippen molar-refractivity contribution in [1.82, 2.24) is 20.3 Å². The summed E-state index contributed by atoms with van der Waals surface area (Å²) < 4.78 is 5.81. The van der Waals surface area contributed by atoms with E-state index in [9.17, 15) is 14.4 Å². The summed E-state index contributed by atoms with van der Waals surface area (Å²) in [7, 11) is 0. The largest absolute Gasteiger partial charge is 0.474 e. The minimum absolute atomic E-state index is 0.0103. The summed E-state index contributed by atoms with van der Waals surface area (Å²) in [5.41, 5.74) is -1.33. The molecular formula is C16H18N4O4. The number of carbonyl (C=O) groups is 1. The molecule has 0 bridgehead atoms. The minimum atomic E-state index is -0.694. The van der Waals surface area contributed by atoms with E-state index in [1.807, 2.05) is 23.2 Å². The van der Waals surface area contributed by atoms with E-state index in [0.717, 1.165) is 31.7 Å². The molecule has 1 amide bonds. The zero-order chi connectivity index (χ0) is 16.9. The highest BCUT2D eigenvalue weighted by molar-refractivity contribution is 5.92. The third-order valence-corrected chi connectivity index (χ3v) is 3.94. The van der Waals surface area contributed by atoms with Crippen LogP contribution in [0.2, 0.25) is 0 Å². The molecule has 0 radical (unpaired) electrons. The Labute approximate surface area is 137 Å². The predicted octanol–water partition coefficient (Wildman–Crippen LogP) is 0.578. The molecule has 2 aromatic rings. The Morgan fingerprint density at radius 1 is 1.17 bits per heavy atom. The molecule has 0 aromatic carbocycles. The fourth-order valence-corrected chi connectivity index (χ4v) is 2.77. The normalized spacial score (nSPS) is 20.3. The van der Waals surface area contributed by atoms with Crippen LogP contribution < -0.4 is 21.3 Å². The Morgan fingerprint density at radius 2 is 1.96 bits per heavy atom. The van der Waals surface area contributed by atoms with Crippen LogP contribution in [0.4, 0.5) is 0 Å². The summed E-state index contributed by atoms with van der Waals surface area (Å²) in [5.74, 6) is 0.151. The maximum Gasteiger partial charge on any atom is 0.326 e. The highest BCUT2D eigenvalue weighted by Crippen LogP contribution is 2.22. The first-order valence-corrected chi connectivity index (χ1v) is 7.82. The van der Waals surface area contributed by atoms with E-state index in [4.69, 9.17) is 4.74 Å². The zero-order valence-corrected chi connectivity index (χ0v) is 13.0. The average Bonchev–Trinajstić information content (AvgIpc) is 2.57. The van der Waals surface area contributed by atoms with E-state index in [1.165, 1.54) is 0 Å². The van der Waals surface area contributed by atoms with Crippen molar-refractivity contribution >= 4 is 5.91 Å². The molecule has 2 heterocycles. The lowest BCUT2D eigenvalue weighted by atomic mass is 9.93. The monoisotopic (exact) mass is 330 g/mol. The van der Waals surface area contributed by atoms with Crippen LogP contribution in [0.5, 0.6) is 5.88 Å². The average molecular weight is 330 g/mol. The molecule has 0 spiro atoms. The van der Waals surface area contributed by atoms with Crippen molar-refractivity contribution in [2.45, 2.75) is 37.8 Å². The molecule has 0 aliphatic heterocycles. The first kappa shape index (κ1) is 16.0. The van der Waals surface area contributed by atoms with Crippen LogP contribution in [0.3, 0.4) is 0 Å². The molecule has 0 atom stereocenters. The SMILES string of the molecule is O=C(NC1CCC(Oc2ccccn2)CC1)c1cc(=O)[nH]c(=O)[nH]1. The molecule has 3 N–H and O–H groups in total. The van der Waals surface area contributed by atoms with Gasteiger partial charge in [-0.3, -0.25) is 14.6 Å². The lowest BCUT2D eigenvalue weighted by Gasteiger charge is -2.29. The Bertz CT molecular complexity index is 778. The molecule has 2 aromatic heterocycles. The number of carbonyl (C=O) groups excluding carboxylic acids is 1. The van der Waals surface area contributed by atoms with Gasteiger partial charge in [0.1, 0.15) is 11.8 Å². The Kier molecular flexibility index (Phi) is 4.74. The van der Waals surface area contributed by atoms with Gasteiger partial charge in [0.05, 0.1) is 0 Å². The van der Waals surface area contributed by atoms with E-state index >= 15 is 0 Å². The maximum atomic E-state index is 12.1. The van der Waals surface area contributed by atoms with E-state index in [2.05, 4.69) is 15.3 Å². The molecule has 1 fully saturated rings. The standard InChI is InChI=1S/C16H18N4O4/c21-13-9-12(19-16(23)20-13)15(22)18-10-4-6-11(7-5-10)24-14-3-1-2-8-17-14/h1-3,8-11H,4-7H2,(H,18,22)(H2,19,20,21,23). The number of amides is 1. The van der Waals surface area contributed by atoms with Gasteiger partial charge in [0, 0.05) is 24.4 Å². The van der Waals surface area contributed by atoms with Crippen LogP contribution in [0.25, 0.3) is 0 Å². The highest BCUT2D eigenvalue weighted by atomic mass is 16.5.